The third-order valence-electron chi connectivity index (χ3n) is 7.47. The summed E-state index contributed by atoms with van der Waals surface area (Å²) in [4.78, 5) is 2.38. The summed E-state index contributed by atoms with van der Waals surface area (Å²) < 4.78 is 7.40. The van der Waals surface area contributed by atoms with E-state index in [1.807, 2.05) is 12.1 Å². The van der Waals surface area contributed by atoms with Crippen LogP contribution in [0.5, 0.6) is 0 Å². The number of furan rings is 1. The Kier molecular flexibility index (Phi) is 4.40. The van der Waals surface area contributed by atoms with Gasteiger partial charge in [0.2, 0.25) is 0 Å². The fourth-order valence-corrected chi connectivity index (χ4v) is 6.33. The van der Waals surface area contributed by atoms with Gasteiger partial charge in [0.1, 0.15) is 11.2 Å². The summed E-state index contributed by atoms with van der Waals surface area (Å²) in [6.07, 6.45) is 0. The van der Waals surface area contributed by atoms with Crippen molar-refractivity contribution in [3.63, 3.8) is 0 Å². The topological polar surface area (TPSA) is 16.4 Å². The Hall–Kier alpha value is -4.34. The van der Waals surface area contributed by atoms with E-state index in [2.05, 4.69) is 130 Å². The molecule has 0 unspecified atom stereocenters. The van der Waals surface area contributed by atoms with E-state index in [0.717, 1.165) is 43.5 Å². The summed E-state index contributed by atoms with van der Waals surface area (Å²) >= 11 is 3.79. The molecule has 1 aromatic heterocycles. The average molecular weight is 538 g/mol. The minimum atomic E-state index is 0.890. The van der Waals surface area contributed by atoms with Crippen LogP contribution in [0.1, 0.15) is 0 Å². The largest absolute Gasteiger partial charge is 0.456 e. The molecule has 0 saturated heterocycles. The van der Waals surface area contributed by atoms with Gasteiger partial charge in [0.25, 0.3) is 0 Å². The first kappa shape index (κ1) is 20.8. The Morgan fingerprint density at radius 1 is 0.459 bits per heavy atom. The van der Waals surface area contributed by atoms with Crippen molar-refractivity contribution < 1.29 is 4.42 Å². The minimum absolute atomic E-state index is 0.890. The van der Waals surface area contributed by atoms with Crippen LogP contribution in [0.15, 0.2) is 130 Å². The van der Waals surface area contributed by atoms with Crippen LogP contribution in [-0.2, 0) is 0 Å². The van der Waals surface area contributed by atoms with Gasteiger partial charge in [-0.15, -0.1) is 0 Å². The summed E-state index contributed by atoms with van der Waals surface area (Å²) in [7, 11) is 0. The predicted octanol–water partition coefficient (Wildman–Crippen LogP) is 10.7. The number of hydrogen-bond acceptors (Lipinski definition) is 2. The number of rotatable bonds is 3. The van der Waals surface area contributed by atoms with Crippen LogP contribution >= 0.6 is 15.9 Å². The molecule has 7 aromatic carbocycles. The van der Waals surface area contributed by atoms with Crippen LogP contribution in [0.25, 0.3) is 54.3 Å². The smallest absolute Gasteiger partial charge is 0.137 e. The molecule has 1 heterocycles. The van der Waals surface area contributed by atoms with Crippen LogP contribution < -0.4 is 4.90 Å². The Balaban J connectivity index is 1.52. The van der Waals surface area contributed by atoms with E-state index in [0.29, 0.717) is 0 Å². The lowest BCUT2D eigenvalue weighted by molar-refractivity contribution is 0.669. The van der Waals surface area contributed by atoms with Crippen molar-refractivity contribution in [1.29, 1.82) is 0 Å². The zero-order valence-corrected chi connectivity index (χ0v) is 21.4. The second-order valence-corrected chi connectivity index (χ2v) is 10.3. The normalized spacial score (nSPS) is 11.9. The summed E-state index contributed by atoms with van der Waals surface area (Å²) in [5, 5.41) is 9.79. The quantitative estimate of drug-likeness (QED) is 0.208. The standard InChI is InChI=1S/C34H20BrNO/c35-27-19-15-21-14-18-25-28(20-16-22-13-17-24(27)32(21)33(22)25)36(23-7-2-1-3-8-23)29-10-6-12-31-34(29)26-9-4-5-11-30(26)37-31/h1-20H. The zero-order chi connectivity index (χ0) is 24.5. The molecule has 0 spiro atoms. The van der Waals surface area contributed by atoms with Crippen molar-refractivity contribution in [3.05, 3.63) is 126 Å². The molecular weight excluding hydrogens is 518 g/mol. The lowest BCUT2D eigenvalue weighted by atomic mass is 9.93. The number of halogens is 1. The van der Waals surface area contributed by atoms with Crippen molar-refractivity contribution >= 4 is 87.2 Å². The zero-order valence-electron chi connectivity index (χ0n) is 19.8. The second-order valence-electron chi connectivity index (χ2n) is 9.47. The van der Waals surface area contributed by atoms with Crippen molar-refractivity contribution in [1.82, 2.24) is 0 Å². The highest BCUT2D eigenvalue weighted by Crippen LogP contribution is 2.47. The molecule has 0 fully saturated rings. The van der Waals surface area contributed by atoms with E-state index in [1.54, 1.807) is 0 Å². The molecule has 0 atom stereocenters. The third kappa shape index (κ3) is 2.98. The number of fused-ring (bicyclic) bond motifs is 3. The van der Waals surface area contributed by atoms with Gasteiger partial charge >= 0.3 is 0 Å². The van der Waals surface area contributed by atoms with Gasteiger partial charge in [0.05, 0.1) is 16.8 Å². The van der Waals surface area contributed by atoms with Crippen LogP contribution in [0.4, 0.5) is 17.1 Å². The summed E-state index contributed by atoms with van der Waals surface area (Å²) in [6.45, 7) is 0. The Morgan fingerprint density at radius 2 is 1.14 bits per heavy atom. The molecule has 37 heavy (non-hydrogen) atoms. The highest BCUT2D eigenvalue weighted by molar-refractivity contribution is 9.10. The van der Waals surface area contributed by atoms with E-state index in [9.17, 15) is 0 Å². The molecule has 0 aliphatic rings. The molecule has 0 amide bonds. The maximum atomic E-state index is 6.28. The van der Waals surface area contributed by atoms with Gasteiger partial charge in [-0.05, 0) is 69.4 Å². The fraction of sp³-hybridized carbons (Fsp3) is 0. The minimum Gasteiger partial charge on any atom is -0.456 e. The van der Waals surface area contributed by atoms with Gasteiger partial charge in [0.15, 0.2) is 0 Å². The monoisotopic (exact) mass is 537 g/mol. The second kappa shape index (κ2) is 7.83. The van der Waals surface area contributed by atoms with Gasteiger partial charge in [-0.25, -0.2) is 0 Å². The number of para-hydroxylation sites is 2. The Bertz CT molecular complexity index is 2110. The van der Waals surface area contributed by atoms with Gasteiger partial charge in [-0.2, -0.15) is 0 Å². The highest BCUT2D eigenvalue weighted by atomic mass is 79.9. The molecule has 0 saturated carbocycles. The first-order valence-corrected chi connectivity index (χ1v) is 13.2. The van der Waals surface area contributed by atoms with E-state index < -0.39 is 0 Å². The number of hydrogen-bond donors (Lipinski definition) is 0. The van der Waals surface area contributed by atoms with Crippen molar-refractivity contribution in [2.75, 3.05) is 4.90 Å². The molecule has 2 nitrogen and oxygen atoms in total. The van der Waals surface area contributed by atoms with Crippen LogP contribution in [-0.4, -0.2) is 0 Å². The average Bonchev–Trinajstić information content (AvgIpc) is 3.33. The molecule has 8 rings (SSSR count). The van der Waals surface area contributed by atoms with Crippen LogP contribution in [0, 0.1) is 0 Å². The maximum Gasteiger partial charge on any atom is 0.137 e. The lowest BCUT2D eigenvalue weighted by Gasteiger charge is -2.28. The predicted molar refractivity (Wildman–Crippen MR) is 160 cm³/mol. The van der Waals surface area contributed by atoms with E-state index >= 15 is 0 Å². The van der Waals surface area contributed by atoms with Crippen molar-refractivity contribution in [2.24, 2.45) is 0 Å². The first-order valence-electron chi connectivity index (χ1n) is 12.4. The SMILES string of the molecule is Brc1ccc2ccc3c(N(c4ccccc4)c4cccc5oc6ccccc6c45)ccc4ccc1c2c43. The molecule has 0 aliphatic heterocycles. The van der Waals surface area contributed by atoms with E-state index in [4.69, 9.17) is 4.42 Å². The molecule has 174 valence electrons. The lowest BCUT2D eigenvalue weighted by Crippen LogP contribution is -2.11. The molecular formula is C34H20BrNO. The number of benzene rings is 7. The summed E-state index contributed by atoms with van der Waals surface area (Å²) in [5.74, 6) is 0. The van der Waals surface area contributed by atoms with Gasteiger partial charge in [-0.1, -0.05) is 94.8 Å². The Morgan fingerprint density at radius 3 is 2.00 bits per heavy atom. The van der Waals surface area contributed by atoms with Gasteiger partial charge in [0, 0.05) is 20.9 Å². The van der Waals surface area contributed by atoms with E-state index in [1.165, 1.54) is 32.3 Å². The number of nitrogens with zero attached hydrogens (tertiary/aromatic N) is 1. The third-order valence-corrected chi connectivity index (χ3v) is 8.16. The maximum absolute atomic E-state index is 6.28. The first-order chi connectivity index (χ1) is 18.3. The molecule has 0 bridgehead atoms. The van der Waals surface area contributed by atoms with Crippen molar-refractivity contribution in [3.8, 4) is 0 Å². The van der Waals surface area contributed by atoms with Gasteiger partial charge in [-0.3, -0.25) is 0 Å². The summed E-state index contributed by atoms with van der Waals surface area (Å²) in [5.41, 5.74) is 5.15. The highest BCUT2D eigenvalue weighted by Gasteiger charge is 2.22. The van der Waals surface area contributed by atoms with Crippen LogP contribution in [0.2, 0.25) is 0 Å². The van der Waals surface area contributed by atoms with Crippen molar-refractivity contribution in [2.45, 2.75) is 0 Å². The fourth-order valence-electron chi connectivity index (χ4n) is 5.87. The summed E-state index contributed by atoms with van der Waals surface area (Å²) in [6, 6.07) is 43.1. The number of anilines is 3. The molecule has 3 heteroatoms. The molecule has 0 aliphatic carbocycles. The molecule has 8 aromatic rings. The van der Waals surface area contributed by atoms with E-state index in [-0.39, 0.29) is 0 Å². The molecule has 0 N–H and O–H groups in total. The molecule has 0 radical (unpaired) electrons. The Labute approximate surface area is 221 Å². The van der Waals surface area contributed by atoms with Gasteiger partial charge < -0.3 is 9.32 Å². The van der Waals surface area contributed by atoms with Crippen LogP contribution in [0.3, 0.4) is 0 Å².